The lowest BCUT2D eigenvalue weighted by atomic mass is 10.3. The molecule has 0 unspecified atom stereocenters. The number of hydrogen-bond donors (Lipinski definition) is 0. The molecule has 0 aromatic heterocycles. The van der Waals surface area contributed by atoms with Gasteiger partial charge in [-0.1, -0.05) is 11.6 Å². The second kappa shape index (κ2) is 5.65. The first kappa shape index (κ1) is 20.0. The van der Waals surface area contributed by atoms with Crippen LogP contribution >= 0.6 is 11.6 Å². The van der Waals surface area contributed by atoms with Gasteiger partial charge in [0.15, 0.2) is 5.03 Å². The van der Waals surface area contributed by atoms with Gasteiger partial charge in [-0.3, -0.25) is 0 Å². The maximum atomic E-state index is 12.1. The summed E-state index contributed by atoms with van der Waals surface area (Å²) in [5, 5.41) is -3.30. The molecule has 0 aromatic carbocycles. The van der Waals surface area contributed by atoms with Crippen LogP contribution in [0.25, 0.3) is 0 Å². The Morgan fingerprint density at radius 3 is 1.19 bits per heavy atom. The molecule has 0 aliphatic carbocycles. The van der Waals surface area contributed by atoms with Crippen molar-refractivity contribution in [3.8, 4) is 0 Å². The molecule has 1 nitrogen and oxygen atoms in total. The topological polar surface area (TPSA) is 9.23 Å². The lowest BCUT2D eigenvalue weighted by Crippen LogP contribution is -2.45. The van der Waals surface area contributed by atoms with Crippen LogP contribution < -0.4 is 0 Å². The summed E-state index contributed by atoms with van der Waals surface area (Å²) in [7, 11) is 0. The van der Waals surface area contributed by atoms with Crippen LogP contribution in [-0.2, 0) is 4.74 Å². The van der Waals surface area contributed by atoms with Gasteiger partial charge in [0.25, 0.3) is 6.10 Å². The third-order valence-corrected chi connectivity index (χ3v) is 1.92. The molecule has 14 heteroatoms. The Bertz CT molecular complexity index is 382. The summed E-state index contributed by atoms with van der Waals surface area (Å²) in [6.45, 7) is 0. The first-order valence-corrected chi connectivity index (χ1v) is 4.60. The summed E-state index contributed by atoms with van der Waals surface area (Å²) in [4.78, 5) is 0. The zero-order valence-corrected chi connectivity index (χ0v) is 9.66. The van der Waals surface area contributed by atoms with E-state index in [4.69, 9.17) is 0 Å². The van der Waals surface area contributed by atoms with E-state index in [2.05, 4.69) is 16.3 Å². The van der Waals surface area contributed by atoms with Gasteiger partial charge < -0.3 is 4.74 Å². The van der Waals surface area contributed by atoms with E-state index in [0.717, 1.165) is 0 Å². The fraction of sp³-hybridized carbons (Fsp3) is 0.714. The number of alkyl halides is 12. The molecule has 0 fully saturated rings. The highest BCUT2D eigenvalue weighted by Gasteiger charge is 2.62. The predicted molar refractivity (Wildman–Crippen MR) is 42.0 cm³/mol. The summed E-state index contributed by atoms with van der Waals surface area (Å²) >= 11 is 4.13. The van der Waals surface area contributed by atoms with Crippen LogP contribution in [-0.4, -0.2) is 30.8 Å². The van der Waals surface area contributed by atoms with Crippen LogP contribution in [0.3, 0.4) is 0 Å². The molecule has 0 bridgehead atoms. The van der Waals surface area contributed by atoms with Crippen LogP contribution in [0.4, 0.5) is 52.7 Å². The lowest BCUT2D eigenvalue weighted by molar-refractivity contribution is -0.322. The van der Waals surface area contributed by atoms with Crippen molar-refractivity contribution in [3.05, 3.63) is 10.8 Å². The van der Waals surface area contributed by atoms with Crippen molar-refractivity contribution < 1.29 is 57.4 Å². The Kier molecular flexibility index (Phi) is 5.38. The van der Waals surface area contributed by atoms with Crippen LogP contribution in [0.15, 0.2) is 10.8 Å². The number of hydrogen-bond acceptors (Lipinski definition) is 1. The van der Waals surface area contributed by atoms with Gasteiger partial charge in [-0.25, -0.2) is 0 Å². The second-order valence-corrected chi connectivity index (χ2v) is 3.60. The molecule has 0 radical (unpaired) electrons. The van der Waals surface area contributed by atoms with Gasteiger partial charge in [0, 0.05) is 0 Å². The standard InChI is InChI=1S/C7HClF12O/c8-1(4(9,10)11)2(5(12,13)14)21-3(6(15,16)17)7(18,19)20/h3H. The minimum absolute atomic E-state index is 2.48. The molecule has 0 amide bonds. The van der Waals surface area contributed by atoms with Crippen molar-refractivity contribution in [1.29, 1.82) is 0 Å². The summed E-state index contributed by atoms with van der Waals surface area (Å²) in [6.07, 6.45) is -30.4. The maximum absolute atomic E-state index is 12.1. The van der Waals surface area contributed by atoms with E-state index in [1.807, 2.05) is 0 Å². The van der Waals surface area contributed by atoms with E-state index in [0.29, 0.717) is 0 Å². The maximum Gasteiger partial charge on any atom is 0.450 e. The molecule has 0 rings (SSSR count). The van der Waals surface area contributed by atoms with Crippen molar-refractivity contribution in [3.63, 3.8) is 0 Å². The molecule has 0 aliphatic heterocycles. The fourth-order valence-corrected chi connectivity index (χ4v) is 0.960. The Morgan fingerprint density at radius 1 is 0.667 bits per heavy atom. The van der Waals surface area contributed by atoms with Gasteiger partial charge in [0.05, 0.1) is 0 Å². The SMILES string of the molecule is FC(F)(F)C(Cl)=C(OC(C(F)(F)F)C(F)(F)F)C(F)(F)F. The molecule has 0 heterocycles. The van der Waals surface area contributed by atoms with Crippen molar-refractivity contribution in [1.82, 2.24) is 0 Å². The smallest absolute Gasteiger partial charge is 0.450 e. The number of rotatable bonds is 2. The molecule has 0 saturated carbocycles. The molecule has 0 aromatic rings. The first-order chi connectivity index (χ1) is 8.88. The Hall–Kier alpha value is -1.01. The zero-order chi connectivity index (χ0) is 17.4. The highest BCUT2D eigenvalue weighted by Crippen LogP contribution is 2.44. The van der Waals surface area contributed by atoms with Gasteiger partial charge in [0.1, 0.15) is 0 Å². The van der Waals surface area contributed by atoms with Crippen LogP contribution in [0.5, 0.6) is 0 Å². The molecule has 21 heavy (non-hydrogen) atoms. The molecule has 126 valence electrons. The Labute approximate surface area is 112 Å². The normalized spacial score (nSPS) is 16.1. The third-order valence-electron chi connectivity index (χ3n) is 1.54. The van der Waals surface area contributed by atoms with Crippen LogP contribution in [0.1, 0.15) is 0 Å². The van der Waals surface area contributed by atoms with Crippen molar-refractivity contribution >= 4 is 11.6 Å². The van der Waals surface area contributed by atoms with Crippen molar-refractivity contribution in [2.75, 3.05) is 0 Å². The summed E-state index contributed by atoms with van der Waals surface area (Å²) in [5.74, 6) is -3.64. The van der Waals surface area contributed by atoms with E-state index in [1.54, 1.807) is 0 Å². The largest absolute Gasteiger partial charge is 0.465 e. The van der Waals surface area contributed by atoms with E-state index in [-0.39, 0.29) is 0 Å². The summed E-state index contributed by atoms with van der Waals surface area (Å²) in [5.41, 5.74) is 0. The van der Waals surface area contributed by atoms with Crippen molar-refractivity contribution in [2.45, 2.75) is 30.8 Å². The molecule has 0 aliphatic rings. The summed E-state index contributed by atoms with van der Waals surface area (Å²) < 4.78 is 147. The molecule has 0 atom stereocenters. The zero-order valence-electron chi connectivity index (χ0n) is 8.90. The highest BCUT2D eigenvalue weighted by atomic mass is 35.5. The van der Waals surface area contributed by atoms with Crippen molar-refractivity contribution in [2.24, 2.45) is 0 Å². The monoisotopic (exact) mass is 364 g/mol. The molecule has 0 N–H and O–H groups in total. The minimum Gasteiger partial charge on any atom is -0.465 e. The number of halogens is 13. The van der Waals surface area contributed by atoms with Gasteiger partial charge in [-0.05, 0) is 0 Å². The summed E-state index contributed by atoms with van der Waals surface area (Å²) in [6, 6.07) is 0. The van der Waals surface area contributed by atoms with Gasteiger partial charge in [-0.2, -0.15) is 52.7 Å². The Balaban J connectivity index is 5.94. The molecular formula is C7HClF12O. The Morgan fingerprint density at radius 2 is 1.00 bits per heavy atom. The third kappa shape index (κ3) is 5.71. The van der Waals surface area contributed by atoms with Crippen LogP contribution in [0, 0.1) is 0 Å². The first-order valence-electron chi connectivity index (χ1n) is 4.22. The lowest BCUT2D eigenvalue weighted by Gasteiger charge is -2.26. The van der Waals surface area contributed by atoms with E-state index < -0.39 is 41.6 Å². The average molecular weight is 365 g/mol. The van der Waals surface area contributed by atoms with Gasteiger partial charge in [-0.15, -0.1) is 0 Å². The molecular weight excluding hydrogens is 364 g/mol. The quantitative estimate of drug-likeness (QED) is 0.491. The van der Waals surface area contributed by atoms with E-state index >= 15 is 0 Å². The molecule has 0 spiro atoms. The van der Waals surface area contributed by atoms with E-state index in [1.165, 1.54) is 0 Å². The van der Waals surface area contributed by atoms with Crippen LogP contribution in [0.2, 0.25) is 0 Å². The van der Waals surface area contributed by atoms with Gasteiger partial charge >= 0.3 is 24.7 Å². The predicted octanol–water partition coefficient (Wildman–Crippen LogP) is 5.07. The highest BCUT2D eigenvalue weighted by molar-refractivity contribution is 6.30. The fourth-order valence-electron chi connectivity index (χ4n) is 0.809. The second-order valence-electron chi connectivity index (χ2n) is 3.22. The average Bonchev–Trinajstić information content (AvgIpc) is 2.09. The number of ether oxygens (including phenoxy) is 1. The van der Waals surface area contributed by atoms with E-state index in [9.17, 15) is 52.7 Å². The van der Waals surface area contributed by atoms with Gasteiger partial charge in [0.2, 0.25) is 5.76 Å². The minimum atomic E-state index is -6.45. The molecule has 0 saturated heterocycles. The number of allylic oxidation sites excluding steroid dienone is 2.